The van der Waals surface area contributed by atoms with Crippen molar-refractivity contribution in [2.24, 2.45) is 4.99 Å². The van der Waals surface area contributed by atoms with Crippen LogP contribution in [-0.4, -0.2) is 89.7 Å². The molecule has 3 aromatic carbocycles. The Morgan fingerprint density at radius 1 is 0.833 bits per heavy atom. The topological polar surface area (TPSA) is 123 Å². The van der Waals surface area contributed by atoms with E-state index >= 15 is 0 Å². The molecule has 3 N–H and O–H groups in total. The molecule has 6 rings (SSSR count). The molecule has 0 saturated carbocycles. The molecule has 0 saturated heterocycles. The Kier molecular flexibility index (Phi) is 14.8. The molecule has 312 valence electrons. The summed E-state index contributed by atoms with van der Waals surface area (Å²) in [5.41, 5.74) is 11.3. The van der Waals surface area contributed by atoms with Crippen molar-refractivity contribution in [2.75, 3.05) is 47.4 Å². The predicted molar refractivity (Wildman–Crippen MR) is 241 cm³/mol. The van der Waals surface area contributed by atoms with Gasteiger partial charge in [-0.1, -0.05) is 61.5 Å². The number of ether oxygens (including phenoxy) is 2. The number of carbonyl (C=O) groups is 2. The zero-order chi connectivity index (χ0) is 42.6. The van der Waals surface area contributed by atoms with E-state index in [0.29, 0.717) is 68.9 Å². The maximum atomic E-state index is 13.4. The van der Waals surface area contributed by atoms with Gasteiger partial charge in [-0.05, 0) is 116 Å². The molecule has 1 aliphatic heterocycles. The number of nitrogens with one attached hydrogen (secondary N) is 2. The van der Waals surface area contributed by atoms with Gasteiger partial charge in [0, 0.05) is 68.7 Å². The van der Waals surface area contributed by atoms with E-state index in [-0.39, 0.29) is 17.4 Å². The minimum Gasteiger partial charge on any atom is -0.508 e. The maximum Gasteiger partial charge on any atom is 0.222 e. The van der Waals surface area contributed by atoms with Crippen LogP contribution in [0.2, 0.25) is 0 Å². The number of benzene rings is 3. The number of aromatic nitrogens is 2. The zero-order valence-corrected chi connectivity index (χ0v) is 35.7. The molecule has 0 unspecified atom stereocenters. The first kappa shape index (κ1) is 43.2. The third kappa shape index (κ3) is 10.8. The Labute approximate surface area is 354 Å². The third-order valence-corrected chi connectivity index (χ3v) is 11.0. The Morgan fingerprint density at radius 2 is 1.53 bits per heavy atom. The molecular weight excluding hydrogens is 751 g/mol. The van der Waals surface area contributed by atoms with Crippen LogP contribution in [0.15, 0.2) is 120 Å². The van der Waals surface area contributed by atoms with E-state index in [1.165, 1.54) is 11.1 Å². The molecule has 1 aliphatic rings. The van der Waals surface area contributed by atoms with E-state index in [2.05, 4.69) is 58.2 Å². The molecule has 60 heavy (non-hydrogen) atoms. The van der Waals surface area contributed by atoms with E-state index in [0.717, 1.165) is 57.2 Å². The summed E-state index contributed by atoms with van der Waals surface area (Å²) in [7, 11) is 5.49. The number of aromatic amines is 2. The summed E-state index contributed by atoms with van der Waals surface area (Å²) < 4.78 is 11.7. The summed E-state index contributed by atoms with van der Waals surface area (Å²) in [5.74, 6) is 1.84. The molecule has 0 spiro atoms. The summed E-state index contributed by atoms with van der Waals surface area (Å²) >= 11 is 0. The van der Waals surface area contributed by atoms with Crippen LogP contribution in [0.25, 0.3) is 17.2 Å². The number of unbranched alkanes of at least 4 members (excludes halogenated alkanes) is 1. The average Bonchev–Trinajstić information content (AvgIpc) is 4.01. The molecule has 0 aliphatic carbocycles. The van der Waals surface area contributed by atoms with Crippen molar-refractivity contribution in [3.05, 3.63) is 160 Å². The highest BCUT2D eigenvalue weighted by atomic mass is 16.5. The lowest BCUT2D eigenvalue weighted by atomic mass is 9.88. The fourth-order valence-corrected chi connectivity index (χ4v) is 7.56. The van der Waals surface area contributed by atoms with Gasteiger partial charge in [-0.25, -0.2) is 4.99 Å². The fourth-order valence-electron chi connectivity index (χ4n) is 7.56. The molecule has 0 radical (unpaired) electrons. The zero-order valence-electron chi connectivity index (χ0n) is 35.7. The number of aromatic hydroxyl groups is 1. The van der Waals surface area contributed by atoms with Crippen molar-refractivity contribution in [1.29, 1.82) is 0 Å². The van der Waals surface area contributed by atoms with Gasteiger partial charge in [0.15, 0.2) is 5.78 Å². The Hall–Kier alpha value is -6.39. The van der Waals surface area contributed by atoms with Gasteiger partial charge in [-0.2, -0.15) is 0 Å². The quantitative estimate of drug-likeness (QED) is 0.0409. The number of rotatable bonds is 20. The lowest BCUT2D eigenvalue weighted by molar-refractivity contribution is -0.130. The van der Waals surface area contributed by atoms with Gasteiger partial charge in [0.2, 0.25) is 5.91 Å². The average molecular weight is 808 g/mol. The lowest BCUT2D eigenvalue weighted by Crippen LogP contribution is -2.36. The number of carbonyl (C=O) groups excluding carboxylic acids is 2. The lowest BCUT2D eigenvalue weighted by Gasteiger charge is -2.22. The number of ketones is 1. The van der Waals surface area contributed by atoms with Gasteiger partial charge in [-0.3, -0.25) is 9.59 Å². The van der Waals surface area contributed by atoms with Crippen LogP contribution in [0, 0.1) is 13.8 Å². The highest BCUT2D eigenvalue weighted by Crippen LogP contribution is 2.36. The van der Waals surface area contributed by atoms with E-state index in [1.54, 1.807) is 24.1 Å². The number of phenols is 1. The summed E-state index contributed by atoms with van der Waals surface area (Å²) in [6, 6.07) is 29.9. The Morgan fingerprint density at radius 3 is 2.20 bits per heavy atom. The van der Waals surface area contributed by atoms with Crippen LogP contribution in [-0.2, 0) is 9.53 Å². The van der Waals surface area contributed by atoms with Crippen molar-refractivity contribution in [3.8, 4) is 11.5 Å². The molecule has 0 bridgehead atoms. The number of nitrogens with zero attached hydrogens (tertiary/aromatic N) is 3. The fraction of sp³-hybridized carbons (Fsp3) is 0.300. The van der Waals surface area contributed by atoms with Crippen molar-refractivity contribution < 1.29 is 24.2 Å². The van der Waals surface area contributed by atoms with Crippen LogP contribution in [0.1, 0.15) is 88.7 Å². The van der Waals surface area contributed by atoms with Crippen molar-refractivity contribution in [3.63, 3.8) is 0 Å². The molecular formula is C50H57N5O5. The number of Topliss-reactive ketones (excluding diaryl/α,β-unsaturated/α-hetero) is 1. The second-order valence-corrected chi connectivity index (χ2v) is 15.2. The van der Waals surface area contributed by atoms with Gasteiger partial charge in [0.25, 0.3) is 0 Å². The standard InChI is InChI=1S/C50H57N5O5/c1-7-41(36-14-9-8-10-15-36)50(37-19-23-39(56)24-20-37)38-21-25-40(26-22-38)60-31-30-54(4)28-29-55(5)48(58)18-12-11-17-46(57)49-34(2)43(52-35(49)3)32-45-47(59-6)33-44(53-45)42-16-13-27-51-42/h8-10,13-16,19-27,32-33,51-52,56H,7,11-12,17-18,28-31H2,1-6H3/b45-32-,50-41-. The van der Waals surface area contributed by atoms with E-state index in [1.807, 2.05) is 88.8 Å². The number of hydrogen-bond donors (Lipinski definition) is 3. The number of aliphatic imine (C=N–C) groups is 1. The second kappa shape index (κ2) is 20.5. The summed E-state index contributed by atoms with van der Waals surface area (Å²) in [6.07, 6.45) is 8.58. The third-order valence-electron chi connectivity index (χ3n) is 11.0. The number of H-pyrrole nitrogens is 2. The van der Waals surface area contributed by atoms with Crippen LogP contribution >= 0.6 is 0 Å². The summed E-state index contributed by atoms with van der Waals surface area (Å²) in [5, 5.41) is 9.95. The van der Waals surface area contributed by atoms with Crippen LogP contribution in [0.4, 0.5) is 0 Å². The van der Waals surface area contributed by atoms with Crippen LogP contribution < -0.4 is 4.74 Å². The predicted octanol–water partition coefficient (Wildman–Crippen LogP) is 9.62. The SMILES string of the molecule is CC/C(=C(\c1ccc(O)cc1)c1ccc(OCCN(C)CCN(C)C(=O)CCCCC(=O)c2c(C)[nH]c(/C=C3\N=C(c4ccc[nH]4)C=C3OC)c2C)cc1)c1ccccc1. The van der Waals surface area contributed by atoms with E-state index in [4.69, 9.17) is 14.5 Å². The minimum absolute atomic E-state index is 0.0698. The summed E-state index contributed by atoms with van der Waals surface area (Å²) in [6.45, 7) is 8.58. The number of methoxy groups -OCH3 is 1. The van der Waals surface area contributed by atoms with Crippen molar-refractivity contribution >= 4 is 34.6 Å². The first-order valence-corrected chi connectivity index (χ1v) is 20.7. The second-order valence-electron chi connectivity index (χ2n) is 15.2. The van der Waals surface area contributed by atoms with Crippen LogP contribution in [0.5, 0.6) is 11.5 Å². The highest BCUT2D eigenvalue weighted by molar-refractivity contribution is 6.11. The summed E-state index contributed by atoms with van der Waals surface area (Å²) in [4.78, 5) is 41.5. The first-order chi connectivity index (χ1) is 29.1. The molecule has 1 amide bonds. The van der Waals surface area contributed by atoms with E-state index < -0.39 is 0 Å². The number of hydrogen-bond acceptors (Lipinski definition) is 7. The first-order valence-electron chi connectivity index (χ1n) is 20.7. The monoisotopic (exact) mass is 807 g/mol. The smallest absolute Gasteiger partial charge is 0.222 e. The molecule has 10 nitrogen and oxygen atoms in total. The van der Waals surface area contributed by atoms with Gasteiger partial charge in [0.1, 0.15) is 29.6 Å². The molecule has 0 fully saturated rings. The van der Waals surface area contributed by atoms with Gasteiger partial charge in [0.05, 0.1) is 18.5 Å². The normalized spacial score (nSPS) is 13.6. The van der Waals surface area contributed by atoms with Crippen molar-refractivity contribution in [1.82, 2.24) is 19.8 Å². The number of allylic oxidation sites excluding steroid dienone is 2. The molecule has 3 heterocycles. The van der Waals surface area contributed by atoms with Gasteiger partial charge >= 0.3 is 0 Å². The Balaban J connectivity index is 0.929. The number of phenolic OH excluding ortho intramolecular Hbond substituents is 1. The van der Waals surface area contributed by atoms with Crippen LogP contribution in [0.3, 0.4) is 0 Å². The van der Waals surface area contributed by atoms with Gasteiger partial charge in [-0.15, -0.1) is 0 Å². The molecule has 2 aromatic heterocycles. The van der Waals surface area contributed by atoms with Gasteiger partial charge < -0.3 is 34.3 Å². The number of likely N-dealkylation sites (N-methyl/N-ethyl adjacent to an activating group) is 2. The van der Waals surface area contributed by atoms with Crippen molar-refractivity contribution in [2.45, 2.75) is 52.9 Å². The Bertz CT molecular complexity index is 2350. The number of aryl methyl sites for hydroxylation is 1. The maximum absolute atomic E-state index is 13.4. The highest BCUT2D eigenvalue weighted by Gasteiger charge is 2.21. The number of amides is 1. The molecule has 0 atom stereocenters. The molecule has 10 heteroatoms. The van der Waals surface area contributed by atoms with E-state index in [9.17, 15) is 14.7 Å². The molecule has 5 aromatic rings. The largest absolute Gasteiger partial charge is 0.508 e. The minimum atomic E-state index is 0.0698.